The van der Waals surface area contributed by atoms with Gasteiger partial charge in [-0.05, 0) is 30.2 Å². The van der Waals surface area contributed by atoms with Crippen molar-refractivity contribution < 1.29 is 4.39 Å². The van der Waals surface area contributed by atoms with Gasteiger partial charge in [-0.1, -0.05) is 13.3 Å². The quantitative estimate of drug-likeness (QED) is 0.815. The number of rotatable bonds is 3. The molecule has 0 aliphatic heterocycles. The van der Waals surface area contributed by atoms with E-state index in [1.165, 1.54) is 12.1 Å². The van der Waals surface area contributed by atoms with E-state index in [1.54, 1.807) is 6.07 Å². The number of nitrogen functional groups attached to an aromatic ring is 1. The summed E-state index contributed by atoms with van der Waals surface area (Å²) in [5, 5.41) is 0. The van der Waals surface area contributed by atoms with Crippen molar-refractivity contribution in [2.75, 3.05) is 5.73 Å². The van der Waals surface area contributed by atoms with Crippen LogP contribution in [-0.4, -0.2) is 0 Å². The van der Waals surface area contributed by atoms with Crippen LogP contribution < -0.4 is 11.5 Å². The molecule has 5 heteroatoms. The van der Waals surface area contributed by atoms with E-state index < -0.39 is 0 Å². The first-order valence-electron chi connectivity index (χ1n) is 4.45. The number of halogens is 3. The summed E-state index contributed by atoms with van der Waals surface area (Å²) in [7, 11) is 0. The average molecular weight is 255 g/mol. The monoisotopic (exact) mass is 254 g/mol. The normalized spacial score (nSPS) is 11.1. The second kappa shape index (κ2) is 7.74. The van der Waals surface area contributed by atoms with Crippen molar-refractivity contribution >= 4 is 30.5 Å². The minimum absolute atomic E-state index is 0. The lowest BCUT2D eigenvalue weighted by Crippen LogP contribution is -2.12. The van der Waals surface area contributed by atoms with E-state index in [-0.39, 0.29) is 36.7 Å². The summed E-state index contributed by atoms with van der Waals surface area (Å²) < 4.78 is 12.8. The van der Waals surface area contributed by atoms with Gasteiger partial charge < -0.3 is 11.5 Å². The largest absolute Gasteiger partial charge is 0.398 e. The highest BCUT2D eigenvalue weighted by atomic mass is 35.5. The van der Waals surface area contributed by atoms with Crippen molar-refractivity contribution in [1.29, 1.82) is 0 Å². The standard InChI is InChI=1S/C10H15FN2.2ClH/c1-2-3-9(12)8-6-7(11)4-5-10(8)13;;/h4-6,9H,2-3,12-13H2,1H3;2*1H. The molecule has 0 aliphatic carbocycles. The molecule has 0 bridgehead atoms. The zero-order valence-corrected chi connectivity index (χ0v) is 10.2. The Morgan fingerprint density at radius 3 is 2.47 bits per heavy atom. The van der Waals surface area contributed by atoms with Crippen LogP contribution in [0.2, 0.25) is 0 Å². The molecular formula is C10H17Cl2FN2. The maximum absolute atomic E-state index is 12.8. The molecule has 0 radical (unpaired) electrons. The van der Waals surface area contributed by atoms with Gasteiger partial charge in [0.05, 0.1) is 0 Å². The Bertz CT molecular complexity index is 295. The van der Waals surface area contributed by atoms with E-state index in [9.17, 15) is 4.39 Å². The van der Waals surface area contributed by atoms with Crippen LogP contribution in [0.5, 0.6) is 0 Å². The lowest BCUT2D eigenvalue weighted by atomic mass is 10.0. The number of anilines is 1. The molecule has 1 aromatic rings. The van der Waals surface area contributed by atoms with Crippen molar-refractivity contribution in [1.82, 2.24) is 0 Å². The molecule has 4 N–H and O–H groups in total. The Labute approximate surface area is 102 Å². The zero-order chi connectivity index (χ0) is 9.84. The molecule has 0 heterocycles. The summed E-state index contributed by atoms with van der Waals surface area (Å²) in [5.41, 5.74) is 12.8. The van der Waals surface area contributed by atoms with E-state index in [1.807, 2.05) is 6.92 Å². The molecule has 0 fully saturated rings. The predicted molar refractivity (Wildman–Crippen MR) is 67.1 cm³/mol. The number of hydrogen-bond acceptors (Lipinski definition) is 2. The van der Waals surface area contributed by atoms with Crippen molar-refractivity contribution in [2.24, 2.45) is 5.73 Å². The summed E-state index contributed by atoms with van der Waals surface area (Å²) in [5.74, 6) is -0.282. The highest BCUT2D eigenvalue weighted by molar-refractivity contribution is 5.85. The van der Waals surface area contributed by atoms with Gasteiger partial charge in [0.25, 0.3) is 0 Å². The third kappa shape index (κ3) is 4.69. The van der Waals surface area contributed by atoms with E-state index in [2.05, 4.69) is 0 Å². The number of benzene rings is 1. The number of hydrogen-bond donors (Lipinski definition) is 2. The Balaban J connectivity index is 0. The van der Waals surface area contributed by atoms with Gasteiger partial charge in [-0.25, -0.2) is 4.39 Å². The maximum atomic E-state index is 12.8. The first-order valence-corrected chi connectivity index (χ1v) is 4.45. The van der Waals surface area contributed by atoms with Gasteiger partial charge >= 0.3 is 0 Å². The van der Waals surface area contributed by atoms with Gasteiger partial charge in [0.15, 0.2) is 0 Å². The van der Waals surface area contributed by atoms with Gasteiger partial charge in [0.2, 0.25) is 0 Å². The summed E-state index contributed by atoms with van der Waals surface area (Å²) in [6.07, 6.45) is 1.80. The number of nitrogens with two attached hydrogens (primary N) is 2. The molecule has 0 spiro atoms. The fourth-order valence-corrected chi connectivity index (χ4v) is 1.33. The lowest BCUT2D eigenvalue weighted by molar-refractivity contribution is 0.606. The molecule has 0 saturated heterocycles. The van der Waals surface area contributed by atoms with Gasteiger partial charge in [-0.2, -0.15) is 0 Å². The van der Waals surface area contributed by atoms with E-state index in [0.717, 1.165) is 12.8 Å². The van der Waals surface area contributed by atoms with Crippen LogP contribution in [0.3, 0.4) is 0 Å². The molecular weight excluding hydrogens is 238 g/mol. The topological polar surface area (TPSA) is 52.0 Å². The minimum Gasteiger partial charge on any atom is -0.398 e. The zero-order valence-electron chi connectivity index (χ0n) is 8.57. The van der Waals surface area contributed by atoms with Crippen LogP contribution in [0.25, 0.3) is 0 Å². The second-order valence-electron chi connectivity index (χ2n) is 3.17. The Morgan fingerprint density at radius 2 is 1.93 bits per heavy atom. The SMILES string of the molecule is CCCC(N)c1cc(F)ccc1N.Cl.Cl. The third-order valence-corrected chi connectivity index (χ3v) is 2.05. The van der Waals surface area contributed by atoms with Crippen LogP contribution in [0.15, 0.2) is 18.2 Å². The van der Waals surface area contributed by atoms with E-state index in [0.29, 0.717) is 11.3 Å². The molecule has 1 atom stereocenters. The van der Waals surface area contributed by atoms with Gasteiger partial charge in [-0.3, -0.25) is 0 Å². The highest BCUT2D eigenvalue weighted by Crippen LogP contribution is 2.22. The molecule has 0 aliphatic rings. The molecule has 0 amide bonds. The van der Waals surface area contributed by atoms with Gasteiger partial charge in [0.1, 0.15) is 5.82 Å². The predicted octanol–water partition coefficient (Wildman–Crippen LogP) is 3.05. The molecule has 1 rings (SSSR count). The highest BCUT2D eigenvalue weighted by Gasteiger charge is 2.09. The van der Waals surface area contributed by atoms with E-state index >= 15 is 0 Å². The first-order chi connectivity index (χ1) is 6.15. The van der Waals surface area contributed by atoms with Crippen molar-refractivity contribution in [3.8, 4) is 0 Å². The fraction of sp³-hybridized carbons (Fsp3) is 0.400. The van der Waals surface area contributed by atoms with Crippen LogP contribution in [0.4, 0.5) is 10.1 Å². The fourth-order valence-electron chi connectivity index (χ4n) is 1.33. The van der Waals surface area contributed by atoms with Crippen molar-refractivity contribution in [2.45, 2.75) is 25.8 Å². The lowest BCUT2D eigenvalue weighted by Gasteiger charge is -2.13. The van der Waals surface area contributed by atoms with Crippen molar-refractivity contribution in [3.63, 3.8) is 0 Å². The molecule has 2 nitrogen and oxygen atoms in total. The van der Waals surface area contributed by atoms with Gasteiger partial charge in [0, 0.05) is 11.7 Å². The molecule has 88 valence electrons. The Kier molecular flexibility index (Phi) is 8.72. The maximum Gasteiger partial charge on any atom is 0.123 e. The molecule has 15 heavy (non-hydrogen) atoms. The van der Waals surface area contributed by atoms with Crippen LogP contribution in [0, 0.1) is 5.82 Å². The molecule has 1 unspecified atom stereocenters. The second-order valence-corrected chi connectivity index (χ2v) is 3.17. The van der Waals surface area contributed by atoms with E-state index in [4.69, 9.17) is 11.5 Å². The Morgan fingerprint density at radius 1 is 1.33 bits per heavy atom. The minimum atomic E-state index is -0.282. The van der Waals surface area contributed by atoms with Crippen LogP contribution in [0.1, 0.15) is 31.4 Å². The van der Waals surface area contributed by atoms with Crippen LogP contribution in [-0.2, 0) is 0 Å². The average Bonchev–Trinajstić information content (AvgIpc) is 2.09. The molecule has 0 aromatic heterocycles. The summed E-state index contributed by atoms with van der Waals surface area (Å²) in [4.78, 5) is 0. The third-order valence-electron chi connectivity index (χ3n) is 2.05. The first kappa shape index (κ1) is 16.9. The Hall–Kier alpha value is -0.510. The molecule has 0 saturated carbocycles. The van der Waals surface area contributed by atoms with Crippen LogP contribution >= 0.6 is 24.8 Å². The summed E-state index contributed by atoms with van der Waals surface area (Å²) in [6.45, 7) is 2.04. The summed E-state index contributed by atoms with van der Waals surface area (Å²) in [6, 6.07) is 4.16. The summed E-state index contributed by atoms with van der Waals surface area (Å²) >= 11 is 0. The van der Waals surface area contributed by atoms with Gasteiger partial charge in [-0.15, -0.1) is 24.8 Å². The molecule has 1 aromatic carbocycles. The van der Waals surface area contributed by atoms with Crippen molar-refractivity contribution in [3.05, 3.63) is 29.6 Å². The smallest absolute Gasteiger partial charge is 0.123 e.